The molecule has 2 aliphatic rings. The molecule has 4 nitrogen and oxygen atoms in total. The first-order chi connectivity index (χ1) is 8.69. The van der Waals surface area contributed by atoms with Gasteiger partial charge in [0.15, 0.2) is 0 Å². The molecular formula is C14H29N3O. The zero-order valence-corrected chi connectivity index (χ0v) is 12.0. The number of likely N-dealkylation sites (tertiary alicyclic amines) is 1. The Morgan fingerprint density at radius 1 is 1.28 bits per heavy atom. The van der Waals surface area contributed by atoms with E-state index in [1.807, 2.05) is 0 Å². The summed E-state index contributed by atoms with van der Waals surface area (Å²) in [5.41, 5.74) is 6.23. The van der Waals surface area contributed by atoms with Crippen molar-refractivity contribution in [3.05, 3.63) is 0 Å². The summed E-state index contributed by atoms with van der Waals surface area (Å²) in [5, 5.41) is 0. The van der Waals surface area contributed by atoms with E-state index in [0.717, 1.165) is 38.9 Å². The van der Waals surface area contributed by atoms with E-state index in [1.165, 1.54) is 32.4 Å². The quantitative estimate of drug-likeness (QED) is 0.793. The van der Waals surface area contributed by atoms with Gasteiger partial charge in [0.2, 0.25) is 0 Å². The molecule has 2 unspecified atom stereocenters. The van der Waals surface area contributed by atoms with Crippen molar-refractivity contribution in [1.82, 2.24) is 9.80 Å². The molecule has 0 aromatic rings. The molecule has 2 fully saturated rings. The largest absolute Gasteiger partial charge is 0.379 e. The molecule has 0 aromatic carbocycles. The highest BCUT2D eigenvalue weighted by Crippen LogP contribution is 2.27. The molecule has 0 spiro atoms. The number of rotatable bonds is 5. The van der Waals surface area contributed by atoms with Gasteiger partial charge in [0, 0.05) is 44.3 Å². The predicted octanol–water partition coefficient (Wildman–Crippen LogP) is 0.910. The van der Waals surface area contributed by atoms with Crippen LogP contribution in [0.25, 0.3) is 0 Å². The lowest BCUT2D eigenvalue weighted by Gasteiger charge is -2.39. The van der Waals surface area contributed by atoms with Crippen LogP contribution < -0.4 is 5.73 Å². The van der Waals surface area contributed by atoms with Crippen LogP contribution in [0.2, 0.25) is 0 Å². The molecule has 2 rings (SSSR count). The minimum Gasteiger partial charge on any atom is -0.379 e. The van der Waals surface area contributed by atoms with Crippen molar-refractivity contribution < 1.29 is 4.74 Å². The first-order valence-electron chi connectivity index (χ1n) is 7.46. The molecule has 2 aliphatic heterocycles. The standard InChI is InChI=1S/C14H29N3O/c1-3-5-14(2,12-15)17-6-4-13(11-17)16-7-9-18-10-8-16/h13H,3-12,15H2,1-2H3. The van der Waals surface area contributed by atoms with Crippen molar-refractivity contribution in [3.63, 3.8) is 0 Å². The van der Waals surface area contributed by atoms with Crippen LogP contribution in [0.4, 0.5) is 0 Å². The van der Waals surface area contributed by atoms with Crippen LogP contribution in [0, 0.1) is 0 Å². The van der Waals surface area contributed by atoms with Crippen LogP contribution in [0.15, 0.2) is 0 Å². The van der Waals surface area contributed by atoms with Gasteiger partial charge in [-0.1, -0.05) is 13.3 Å². The summed E-state index contributed by atoms with van der Waals surface area (Å²) in [6.07, 6.45) is 3.71. The second-order valence-corrected chi connectivity index (χ2v) is 5.99. The Morgan fingerprint density at radius 3 is 2.61 bits per heavy atom. The van der Waals surface area contributed by atoms with Gasteiger partial charge in [-0.2, -0.15) is 0 Å². The molecule has 106 valence electrons. The molecule has 2 N–H and O–H groups in total. The molecule has 0 aliphatic carbocycles. The number of nitrogens with zero attached hydrogens (tertiary/aromatic N) is 2. The Labute approximate surface area is 111 Å². The van der Waals surface area contributed by atoms with E-state index < -0.39 is 0 Å². The number of hydrogen-bond donors (Lipinski definition) is 1. The van der Waals surface area contributed by atoms with Crippen molar-refractivity contribution in [1.29, 1.82) is 0 Å². The Balaban J connectivity index is 1.90. The molecule has 2 heterocycles. The third kappa shape index (κ3) is 3.05. The van der Waals surface area contributed by atoms with Gasteiger partial charge in [-0.25, -0.2) is 0 Å². The third-order valence-corrected chi connectivity index (χ3v) is 4.72. The fraction of sp³-hybridized carbons (Fsp3) is 1.00. The summed E-state index contributed by atoms with van der Waals surface area (Å²) in [6.45, 7) is 11.8. The SMILES string of the molecule is CCCC(C)(CN)N1CCC(N2CCOCC2)C1. The van der Waals surface area contributed by atoms with Crippen molar-refractivity contribution in [2.24, 2.45) is 5.73 Å². The van der Waals surface area contributed by atoms with E-state index in [1.54, 1.807) is 0 Å². The number of ether oxygens (including phenoxy) is 1. The van der Waals surface area contributed by atoms with Crippen LogP contribution in [0.5, 0.6) is 0 Å². The molecular weight excluding hydrogens is 226 g/mol. The Kier molecular flexibility index (Phi) is 5.01. The average molecular weight is 255 g/mol. The highest BCUT2D eigenvalue weighted by Gasteiger charge is 2.37. The van der Waals surface area contributed by atoms with Crippen LogP contribution in [0.3, 0.4) is 0 Å². The number of morpholine rings is 1. The molecule has 0 aromatic heterocycles. The van der Waals surface area contributed by atoms with E-state index >= 15 is 0 Å². The summed E-state index contributed by atoms with van der Waals surface area (Å²) in [6, 6.07) is 0.719. The highest BCUT2D eigenvalue weighted by atomic mass is 16.5. The summed E-state index contributed by atoms with van der Waals surface area (Å²) in [5.74, 6) is 0. The highest BCUT2D eigenvalue weighted by molar-refractivity contribution is 4.94. The van der Waals surface area contributed by atoms with E-state index in [0.29, 0.717) is 0 Å². The van der Waals surface area contributed by atoms with Crippen LogP contribution in [-0.4, -0.2) is 67.3 Å². The zero-order valence-electron chi connectivity index (χ0n) is 12.0. The Bertz CT molecular complexity index is 255. The fourth-order valence-electron chi connectivity index (χ4n) is 3.40. The third-order valence-electron chi connectivity index (χ3n) is 4.72. The minimum atomic E-state index is 0.204. The van der Waals surface area contributed by atoms with Gasteiger partial charge in [0.1, 0.15) is 0 Å². The summed E-state index contributed by atoms with van der Waals surface area (Å²) >= 11 is 0. The summed E-state index contributed by atoms with van der Waals surface area (Å²) < 4.78 is 5.44. The van der Waals surface area contributed by atoms with Gasteiger partial charge in [-0.3, -0.25) is 9.80 Å². The summed E-state index contributed by atoms with van der Waals surface area (Å²) in [7, 11) is 0. The molecule has 0 radical (unpaired) electrons. The zero-order chi connectivity index (χ0) is 13.0. The Hall–Kier alpha value is -0.160. The topological polar surface area (TPSA) is 41.7 Å². The number of nitrogens with two attached hydrogens (primary N) is 1. The van der Waals surface area contributed by atoms with Crippen molar-refractivity contribution in [2.45, 2.75) is 44.7 Å². The summed E-state index contributed by atoms with van der Waals surface area (Å²) in [4.78, 5) is 5.23. The molecule has 2 saturated heterocycles. The van der Waals surface area contributed by atoms with Gasteiger partial charge in [-0.15, -0.1) is 0 Å². The first kappa shape index (κ1) is 14.3. The maximum absolute atomic E-state index is 6.02. The van der Waals surface area contributed by atoms with Gasteiger partial charge in [0.05, 0.1) is 13.2 Å². The molecule has 0 saturated carbocycles. The van der Waals surface area contributed by atoms with Gasteiger partial charge in [-0.05, 0) is 19.8 Å². The maximum atomic E-state index is 6.02. The van der Waals surface area contributed by atoms with Gasteiger partial charge in [0.25, 0.3) is 0 Å². The van der Waals surface area contributed by atoms with E-state index in [2.05, 4.69) is 23.6 Å². The molecule has 2 atom stereocenters. The van der Waals surface area contributed by atoms with Crippen molar-refractivity contribution in [2.75, 3.05) is 45.9 Å². The monoisotopic (exact) mass is 255 g/mol. The lowest BCUT2D eigenvalue weighted by atomic mass is 9.94. The van der Waals surface area contributed by atoms with E-state index in [-0.39, 0.29) is 5.54 Å². The average Bonchev–Trinajstić information content (AvgIpc) is 2.90. The maximum Gasteiger partial charge on any atom is 0.0594 e. The Morgan fingerprint density at radius 2 is 2.00 bits per heavy atom. The lowest BCUT2D eigenvalue weighted by Crippen LogP contribution is -2.52. The van der Waals surface area contributed by atoms with Gasteiger partial charge < -0.3 is 10.5 Å². The van der Waals surface area contributed by atoms with E-state index in [4.69, 9.17) is 10.5 Å². The van der Waals surface area contributed by atoms with E-state index in [9.17, 15) is 0 Å². The number of hydrogen-bond acceptors (Lipinski definition) is 4. The van der Waals surface area contributed by atoms with Crippen LogP contribution in [0.1, 0.15) is 33.1 Å². The van der Waals surface area contributed by atoms with Crippen molar-refractivity contribution >= 4 is 0 Å². The normalized spacial score (nSPS) is 30.5. The van der Waals surface area contributed by atoms with Crippen LogP contribution >= 0.6 is 0 Å². The first-order valence-corrected chi connectivity index (χ1v) is 7.46. The minimum absolute atomic E-state index is 0.204. The second-order valence-electron chi connectivity index (χ2n) is 5.99. The fourth-order valence-corrected chi connectivity index (χ4v) is 3.40. The molecule has 0 bridgehead atoms. The molecule has 0 amide bonds. The predicted molar refractivity (Wildman–Crippen MR) is 74.7 cm³/mol. The second kappa shape index (κ2) is 6.33. The molecule has 18 heavy (non-hydrogen) atoms. The van der Waals surface area contributed by atoms with Gasteiger partial charge >= 0.3 is 0 Å². The smallest absolute Gasteiger partial charge is 0.0594 e. The molecule has 4 heteroatoms. The van der Waals surface area contributed by atoms with Crippen LogP contribution in [-0.2, 0) is 4.74 Å². The lowest BCUT2D eigenvalue weighted by molar-refractivity contribution is 0.0151. The van der Waals surface area contributed by atoms with Crippen molar-refractivity contribution in [3.8, 4) is 0 Å².